The van der Waals surface area contributed by atoms with Crippen LogP contribution < -0.4 is 10.0 Å². The standard InChI is InChI=1S/C24H28N2OS3.C12H21N.CH5N/c1-5-21-15-25-24(29-21)17(2)14-20-8-6-9-22(18(20)3)26(16-19-11-12-19)30(4,27)23-10-7-13-28-23;1-3-5-8-11(4-2)12-9-6-7-10-13-12;1-2/h6-10,13-15,19H,4-5,11-12,16H2,1-3H3;9-11H,3-8H2,1-2H3;2H2,1H3/b17-14+;;. The molecule has 2 N–H and O–H groups in total. The maximum Gasteiger partial charge on any atom is 0.119 e. The van der Waals surface area contributed by atoms with E-state index in [1.165, 1.54) is 73.9 Å². The number of hydrogen-bond acceptors (Lipinski definition) is 6. The van der Waals surface area contributed by atoms with Crippen LogP contribution in [0.5, 0.6) is 0 Å². The van der Waals surface area contributed by atoms with Gasteiger partial charge in [0, 0.05) is 35.4 Å². The number of thiophene rings is 1. The summed E-state index contributed by atoms with van der Waals surface area (Å²) in [7, 11) is -1.06. The number of nitrogens with two attached hydrogens (primary N) is 1. The van der Waals surface area contributed by atoms with Crippen LogP contribution in [0.15, 0.2) is 62.9 Å². The first-order valence-corrected chi connectivity index (χ1v) is 19.9. The van der Waals surface area contributed by atoms with Gasteiger partial charge in [-0.1, -0.05) is 57.9 Å². The molecule has 2 aliphatic rings. The largest absolute Gasteiger partial charge is 0.333 e. The predicted molar refractivity (Wildman–Crippen MR) is 203 cm³/mol. The second-order valence-corrected chi connectivity index (χ2v) is 16.1. The van der Waals surface area contributed by atoms with Crippen molar-refractivity contribution in [2.75, 3.05) is 17.9 Å². The molecule has 1 aromatic carbocycles. The van der Waals surface area contributed by atoms with Crippen molar-refractivity contribution >= 4 is 61.8 Å². The van der Waals surface area contributed by atoms with Crippen LogP contribution in [-0.4, -0.2) is 34.9 Å². The summed E-state index contributed by atoms with van der Waals surface area (Å²) in [5.41, 5.74) is 10.3. The number of allylic oxidation sites excluding steroid dienone is 3. The van der Waals surface area contributed by atoms with E-state index in [1.54, 1.807) is 11.3 Å². The normalized spacial score (nSPS) is 16.4. The Hall–Kier alpha value is -2.52. The van der Waals surface area contributed by atoms with Crippen molar-refractivity contribution in [3.63, 3.8) is 0 Å². The fraction of sp³-hybridized carbons (Fsp3) is 0.486. The van der Waals surface area contributed by atoms with Gasteiger partial charge in [-0.15, -0.1) is 22.7 Å². The highest BCUT2D eigenvalue weighted by Crippen LogP contribution is 2.37. The molecular weight excluding hydrogens is 613 g/mol. The first-order chi connectivity index (χ1) is 21.8. The Bertz CT molecular complexity index is 1510. The van der Waals surface area contributed by atoms with Gasteiger partial charge in [-0.2, -0.15) is 0 Å². The molecule has 2 unspecified atom stereocenters. The molecule has 0 amide bonds. The van der Waals surface area contributed by atoms with Crippen LogP contribution in [-0.2, 0) is 16.1 Å². The van der Waals surface area contributed by atoms with Gasteiger partial charge in [0.05, 0.1) is 15.4 Å². The number of nitrogens with zero attached hydrogens (tertiary/aromatic N) is 3. The van der Waals surface area contributed by atoms with Gasteiger partial charge < -0.3 is 5.73 Å². The van der Waals surface area contributed by atoms with Crippen molar-refractivity contribution in [3.05, 3.63) is 74.7 Å². The summed E-state index contributed by atoms with van der Waals surface area (Å²) in [6, 6.07) is 10.2. The smallest absolute Gasteiger partial charge is 0.119 e. The molecule has 2 aromatic heterocycles. The number of rotatable bonds is 13. The Morgan fingerprint density at radius 2 is 1.96 bits per heavy atom. The van der Waals surface area contributed by atoms with Crippen molar-refractivity contribution in [2.24, 2.45) is 22.6 Å². The van der Waals surface area contributed by atoms with Crippen LogP contribution in [0.25, 0.3) is 11.6 Å². The van der Waals surface area contributed by atoms with Crippen LogP contribution in [0.2, 0.25) is 0 Å². The maximum absolute atomic E-state index is 13.9. The van der Waals surface area contributed by atoms with E-state index >= 15 is 0 Å². The van der Waals surface area contributed by atoms with E-state index in [0.29, 0.717) is 5.92 Å². The lowest BCUT2D eigenvalue weighted by Crippen LogP contribution is -2.33. The Morgan fingerprint density at radius 1 is 1.18 bits per heavy atom. The average molecular weight is 667 g/mol. The Morgan fingerprint density at radius 3 is 2.53 bits per heavy atom. The number of unbranched alkanes of at least 4 members (excludes halogenated alkanes) is 1. The minimum Gasteiger partial charge on any atom is -0.333 e. The van der Waals surface area contributed by atoms with Crippen molar-refractivity contribution in [3.8, 4) is 0 Å². The monoisotopic (exact) mass is 666 g/mol. The lowest BCUT2D eigenvalue weighted by atomic mass is 9.94. The highest BCUT2D eigenvalue weighted by Gasteiger charge is 2.30. The number of benzene rings is 1. The van der Waals surface area contributed by atoms with Crippen molar-refractivity contribution in [2.45, 2.75) is 96.6 Å². The van der Waals surface area contributed by atoms with Gasteiger partial charge in [0.1, 0.15) is 9.22 Å². The van der Waals surface area contributed by atoms with Crippen molar-refractivity contribution < 1.29 is 4.21 Å². The molecular formula is C37H54N4OS3. The summed E-state index contributed by atoms with van der Waals surface area (Å²) in [5.74, 6) is 5.53. The maximum atomic E-state index is 13.9. The quantitative estimate of drug-likeness (QED) is 0.185. The van der Waals surface area contributed by atoms with Crippen molar-refractivity contribution in [1.29, 1.82) is 0 Å². The van der Waals surface area contributed by atoms with Gasteiger partial charge >= 0.3 is 0 Å². The van der Waals surface area contributed by atoms with Crippen LogP contribution in [0.4, 0.5) is 5.69 Å². The van der Waals surface area contributed by atoms with Gasteiger partial charge in [-0.05, 0) is 118 Å². The highest BCUT2D eigenvalue weighted by atomic mass is 32.2. The number of aromatic nitrogens is 1. The molecule has 0 radical (unpaired) electrons. The number of aliphatic imine (C=N–C) groups is 1. The van der Waals surface area contributed by atoms with Gasteiger partial charge in [0.2, 0.25) is 0 Å². The van der Waals surface area contributed by atoms with E-state index < -0.39 is 9.71 Å². The first-order valence-electron chi connectivity index (χ1n) is 16.5. The highest BCUT2D eigenvalue weighted by molar-refractivity contribution is 8.03. The molecule has 3 aromatic rings. The zero-order chi connectivity index (χ0) is 32.8. The Kier molecular flexibility index (Phi) is 15.3. The van der Waals surface area contributed by atoms with E-state index in [1.807, 2.05) is 23.7 Å². The predicted octanol–water partition coefficient (Wildman–Crippen LogP) is 10.1. The van der Waals surface area contributed by atoms with Gasteiger partial charge in [0.25, 0.3) is 0 Å². The lowest BCUT2D eigenvalue weighted by molar-refractivity contribution is 0.508. The molecule has 0 spiro atoms. The molecule has 45 heavy (non-hydrogen) atoms. The molecule has 5 rings (SSSR count). The van der Waals surface area contributed by atoms with Crippen LogP contribution in [0.1, 0.15) is 100 Å². The molecule has 0 saturated heterocycles. The average Bonchev–Trinajstić information content (AvgIpc) is 3.48. The molecule has 0 bridgehead atoms. The van der Waals surface area contributed by atoms with Crippen LogP contribution >= 0.6 is 22.7 Å². The first kappa shape index (κ1) is 36.9. The molecule has 2 atom stereocenters. The summed E-state index contributed by atoms with van der Waals surface area (Å²) in [6.07, 6.45) is 19.5. The van der Waals surface area contributed by atoms with Gasteiger partial charge in [0.15, 0.2) is 0 Å². The third kappa shape index (κ3) is 10.5. The molecule has 1 aliphatic heterocycles. The van der Waals surface area contributed by atoms with E-state index in [0.717, 1.165) is 56.9 Å². The van der Waals surface area contributed by atoms with Crippen molar-refractivity contribution in [1.82, 2.24) is 4.98 Å². The topological polar surface area (TPSA) is 71.6 Å². The summed E-state index contributed by atoms with van der Waals surface area (Å²) in [5, 5.41) is 3.04. The molecule has 5 nitrogen and oxygen atoms in total. The third-order valence-corrected chi connectivity index (χ3v) is 13.1. The Labute approximate surface area is 281 Å². The molecule has 1 aliphatic carbocycles. The molecule has 3 heterocycles. The number of hydrogen-bond donors (Lipinski definition) is 1. The molecule has 8 heteroatoms. The number of thiazole rings is 1. The molecule has 246 valence electrons. The summed E-state index contributed by atoms with van der Waals surface area (Å²) < 4.78 is 16.8. The van der Waals surface area contributed by atoms with E-state index in [-0.39, 0.29) is 0 Å². The summed E-state index contributed by atoms with van der Waals surface area (Å²) in [6.45, 7) is 11.7. The molecule has 1 fully saturated rings. The lowest BCUT2D eigenvalue weighted by Gasteiger charge is -2.30. The SMILES string of the molecule is C=S(=O)(c1cccs1)N(CC1CC1)c1cccc(/C=C(\C)c2ncc(CC)s2)c1C.CCCCC(CC)C1=CCCC=N1.CN. The Balaban J connectivity index is 0.000000309. The minimum absolute atomic E-state index is 0.607. The van der Waals surface area contributed by atoms with E-state index in [4.69, 9.17) is 0 Å². The van der Waals surface area contributed by atoms with E-state index in [2.05, 4.69) is 97.1 Å². The fourth-order valence-corrected chi connectivity index (χ4v) is 9.08. The van der Waals surface area contributed by atoms with Gasteiger partial charge in [-0.3, -0.25) is 9.30 Å². The van der Waals surface area contributed by atoms with Gasteiger partial charge in [-0.25, -0.2) is 9.19 Å². The second-order valence-electron chi connectivity index (χ2n) is 11.6. The third-order valence-electron chi connectivity index (χ3n) is 8.22. The zero-order valence-corrected chi connectivity index (χ0v) is 30.7. The second kappa shape index (κ2) is 18.6. The summed E-state index contributed by atoms with van der Waals surface area (Å²) in [4.78, 5) is 10.4. The number of anilines is 1. The number of aryl methyl sites for hydroxylation is 1. The zero-order valence-electron chi connectivity index (χ0n) is 28.3. The fourth-order valence-electron chi connectivity index (χ4n) is 5.29. The van der Waals surface area contributed by atoms with Crippen LogP contribution in [0, 0.1) is 18.8 Å². The minimum atomic E-state index is -2.56. The summed E-state index contributed by atoms with van der Waals surface area (Å²) >= 11 is 3.28. The molecule has 1 saturated carbocycles. The van der Waals surface area contributed by atoms with Crippen LogP contribution in [0.3, 0.4) is 0 Å². The van der Waals surface area contributed by atoms with E-state index in [9.17, 15) is 4.21 Å².